The summed E-state index contributed by atoms with van der Waals surface area (Å²) < 4.78 is 6.53. The van der Waals surface area contributed by atoms with Gasteiger partial charge in [0.15, 0.2) is 0 Å². The molecular formula is C14H16BNO3. The number of benzene rings is 1. The van der Waals surface area contributed by atoms with Gasteiger partial charge < -0.3 is 9.30 Å². The summed E-state index contributed by atoms with van der Waals surface area (Å²) in [6.07, 6.45) is 3.86. The van der Waals surface area contributed by atoms with Crippen molar-refractivity contribution in [3.8, 4) is 0 Å². The molecule has 0 fully saturated rings. The number of ketones is 1. The number of carbonyl (C=O) groups excluding carboxylic acids is 2. The van der Waals surface area contributed by atoms with E-state index in [-0.39, 0.29) is 0 Å². The maximum absolute atomic E-state index is 12.0. The van der Waals surface area contributed by atoms with E-state index in [1.165, 1.54) is 7.11 Å². The highest BCUT2D eigenvalue weighted by molar-refractivity contribution is 6.42. The van der Waals surface area contributed by atoms with Crippen molar-refractivity contribution in [3.63, 3.8) is 0 Å². The average molecular weight is 257 g/mol. The Morgan fingerprint density at radius 2 is 2.05 bits per heavy atom. The number of rotatable bonds is 5. The summed E-state index contributed by atoms with van der Waals surface area (Å²) in [5.41, 5.74) is 1.39. The van der Waals surface area contributed by atoms with E-state index in [1.54, 1.807) is 6.20 Å². The summed E-state index contributed by atoms with van der Waals surface area (Å²) in [5.74, 6) is -1.41. The fourth-order valence-electron chi connectivity index (χ4n) is 2.14. The second kappa shape index (κ2) is 5.74. The number of hydrogen-bond donors (Lipinski definition) is 0. The van der Waals surface area contributed by atoms with E-state index < -0.39 is 11.8 Å². The third-order valence-electron chi connectivity index (χ3n) is 3.16. The maximum Gasteiger partial charge on any atom is 0.379 e. The zero-order valence-corrected chi connectivity index (χ0v) is 11.2. The Balaban J connectivity index is 2.49. The molecule has 19 heavy (non-hydrogen) atoms. The lowest BCUT2D eigenvalue weighted by molar-refractivity contribution is -0.135. The number of ether oxygens (including phenoxy) is 1. The molecule has 0 radical (unpaired) electrons. The second-order valence-electron chi connectivity index (χ2n) is 4.43. The molecule has 0 atom stereocenters. The van der Waals surface area contributed by atoms with Crippen LogP contribution < -0.4 is 0 Å². The first-order valence-corrected chi connectivity index (χ1v) is 6.39. The van der Waals surface area contributed by atoms with Crippen LogP contribution in [0.2, 0.25) is 6.32 Å². The molecule has 0 N–H and O–H groups in total. The van der Waals surface area contributed by atoms with Crippen LogP contribution in [0, 0.1) is 0 Å². The van der Waals surface area contributed by atoms with Crippen LogP contribution in [0.1, 0.15) is 16.8 Å². The van der Waals surface area contributed by atoms with Crippen molar-refractivity contribution in [3.05, 3.63) is 36.0 Å². The van der Waals surface area contributed by atoms with Gasteiger partial charge >= 0.3 is 5.97 Å². The van der Waals surface area contributed by atoms with Crippen LogP contribution in [0.5, 0.6) is 0 Å². The van der Waals surface area contributed by atoms with E-state index in [9.17, 15) is 9.59 Å². The van der Waals surface area contributed by atoms with Gasteiger partial charge in [-0.05, 0) is 12.5 Å². The Morgan fingerprint density at radius 3 is 2.74 bits per heavy atom. The summed E-state index contributed by atoms with van der Waals surface area (Å²) >= 11 is 0. The van der Waals surface area contributed by atoms with Crippen molar-refractivity contribution in [2.75, 3.05) is 7.11 Å². The van der Waals surface area contributed by atoms with E-state index in [0.717, 1.165) is 30.2 Å². The molecule has 0 aliphatic carbocycles. The van der Waals surface area contributed by atoms with Gasteiger partial charge in [0.1, 0.15) is 7.85 Å². The molecule has 1 aromatic carbocycles. The van der Waals surface area contributed by atoms with Crippen molar-refractivity contribution in [1.82, 2.24) is 4.57 Å². The summed E-state index contributed by atoms with van der Waals surface area (Å²) in [5, 5.41) is 0.800. The van der Waals surface area contributed by atoms with Gasteiger partial charge in [-0.2, -0.15) is 0 Å². The predicted molar refractivity (Wildman–Crippen MR) is 76.3 cm³/mol. The molecule has 1 aromatic heterocycles. The van der Waals surface area contributed by atoms with E-state index in [4.69, 9.17) is 0 Å². The zero-order chi connectivity index (χ0) is 13.8. The minimum absolute atomic E-state index is 0.415. The van der Waals surface area contributed by atoms with Crippen LogP contribution in [-0.4, -0.2) is 31.3 Å². The minimum Gasteiger partial charge on any atom is -0.463 e. The van der Waals surface area contributed by atoms with Crippen molar-refractivity contribution in [1.29, 1.82) is 0 Å². The molecule has 0 aliphatic rings. The van der Waals surface area contributed by atoms with Gasteiger partial charge in [0.05, 0.1) is 12.7 Å². The lowest BCUT2D eigenvalue weighted by atomic mass is 10.0. The Bertz CT molecular complexity index is 618. The van der Waals surface area contributed by atoms with Crippen molar-refractivity contribution in [2.45, 2.75) is 19.3 Å². The summed E-state index contributed by atoms with van der Waals surface area (Å²) in [7, 11) is 3.34. The second-order valence-corrected chi connectivity index (χ2v) is 4.43. The molecule has 0 saturated carbocycles. The summed E-state index contributed by atoms with van der Waals surface area (Å²) in [6.45, 7) is 0.839. The third kappa shape index (κ3) is 2.55. The first-order valence-electron chi connectivity index (χ1n) is 6.39. The van der Waals surface area contributed by atoms with Gasteiger partial charge in [-0.1, -0.05) is 24.5 Å². The molecule has 1 heterocycles. The standard InChI is InChI=1S/C14H16BNO3/c1-19-14(18)13(17)11-9-16(8-4-7-15)12-6-3-2-5-10(11)12/h2-3,5-6,9H,4,7-8,15H2,1H3. The van der Waals surface area contributed by atoms with E-state index >= 15 is 0 Å². The SMILES string of the molecule is BCCCn1cc(C(=O)C(=O)OC)c2ccccc21. The van der Waals surface area contributed by atoms with E-state index in [2.05, 4.69) is 12.6 Å². The van der Waals surface area contributed by atoms with Gasteiger partial charge in [-0.3, -0.25) is 4.79 Å². The molecule has 2 rings (SSSR count). The van der Waals surface area contributed by atoms with Gasteiger partial charge in [0, 0.05) is 23.6 Å². The first-order chi connectivity index (χ1) is 9.19. The highest BCUT2D eigenvalue weighted by Gasteiger charge is 2.21. The molecule has 5 heteroatoms. The van der Waals surface area contributed by atoms with Gasteiger partial charge in [-0.15, -0.1) is 0 Å². The fourth-order valence-corrected chi connectivity index (χ4v) is 2.14. The molecule has 0 amide bonds. The van der Waals surface area contributed by atoms with Crippen LogP contribution in [0.25, 0.3) is 10.9 Å². The van der Waals surface area contributed by atoms with Gasteiger partial charge in [0.25, 0.3) is 5.78 Å². The third-order valence-corrected chi connectivity index (χ3v) is 3.16. The van der Waals surface area contributed by atoms with Crippen molar-refractivity contribution < 1.29 is 14.3 Å². The van der Waals surface area contributed by atoms with Crippen LogP contribution >= 0.6 is 0 Å². The highest BCUT2D eigenvalue weighted by Crippen LogP contribution is 2.22. The zero-order valence-electron chi connectivity index (χ0n) is 11.2. The lowest BCUT2D eigenvalue weighted by Gasteiger charge is -2.02. The number of methoxy groups -OCH3 is 1. The number of para-hydroxylation sites is 1. The fraction of sp³-hybridized carbons (Fsp3) is 0.286. The number of carbonyl (C=O) groups is 2. The van der Waals surface area contributed by atoms with E-state index in [1.807, 2.05) is 28.8 Å². The summed E-state index contributed by atoms with van der Waals surface area (Å²) in [6, 6.07) is 7.60. The van der Waals surface area contributed by atoms with Gasteiger partial charge in [0.2, 0.25) is 0 Å². The molecule has 0 spiro atoms. The van der Waals surface area contributed by atoms with Crippen molar-refractivity contribution in [2.24, 2.45) is 0 Å². The number of fused-ring (bicyclic) bond motifs is 1. The smallest absolute Gasteiger partial charge is 0.379 e. The lowest BCUT2D eigenvalue weighted by Crippen LogP contribution is -2.15. The van der Waals surface area contributed by atoms with Gasteiger partial charge in [-0.25, -0.2) is 4.79 Å². The Kier molecular flexibility index (Phi) is 4.05. The Labute approximate surface area is 112 Å². The highest BCUT2D eigenvalue weighted by atomic mass is 16.5. The van der Waals surface area contributed by atoms with Crippen molar-refractivity contribution >= 4 is 30.5 Å². The normalized spacial score (nSPS) is 10.6. The number of hydrogen-bond acceptors (Lipinski definition) is 3. The van der Waals surface area contributed by atoms with Crippen LogP contribution in [0.4, 0.5) is 0 Å². The monoisotopic (exact) mass is 257 g/mol. The summed E-state index contributed by atoms with van der Waals surface area (Å²) in [4.78, 5) is 23.4. The molecule has 0 aliphatic heterocycles. The largest absolute Gasteiger partial charge is 0.463 e. The molecule has 0 unspecified atom stereocenters. The quantitative estimate of drug-likeness (QED) is 0.352. The van der Waals surface area contributed by atoms with Crippen LogP contribution in [-0.2, 0) is 16.1 Å². The van der Waals surface area contributed by atoms with Crippen LogP contribution in [0.3, 0.4) is 0 Å². The molecule has 2 aromatic rings. The number of aryl methyl sites for hydroxylation is 1. The molecule has 0 bridgehead atoms. The predicted octanol–water partition coefficient (Wildman–Crippen LogP) is 1.44. The topological polar surface area (TPSA) is 48.3 Å². The Morgan fingerprint density at radius 1 is 1.32 bits per heavy atom. The van der Waals surface area contributed by atoms with Crippen LogP contribution in [0.15, 0.2) is 30.5 Å². The maximum atomic E-state index is 12.0. The first kappa shape index (κ1) is 13.4. The number of nitrogens with zero attached hydrogens (tertiary/aromatic N) is 1. The Hall–Kier alpha value is -2.04. The van der Waals surface area contributed by atoms with E-state index in [0.29, 0.717) is 5.56 Å². The molecule has 4 nitrogen and oxygen atoms in total. The minimum atomic E-state index is -0.821. The number of aromatic nitrogens is 1. The average Bonchev–Trinajstić information content (AvgIpc) is 2.82. The number of esters is 1. The molecule has 98 valence electrons. The molecule has 0 saturated heterocycles. The molecular weight excluding hydrogens is 241 g/mol. The number of Topliss-reactive ketones (excluding diaryl/α,β-unsaturated/α-hetero) is 1.